The summed E-state index contributed by atoms with van der Waals surface area (Å²) in [5.74, 6) is 0. The van der Waals surface area contributed by atoms with Crippen LogP contribution in [-0.2, 0) is 0 Å². The van der Waals surface area contributed by atoms with E-state index in [1.165, 1.54) is 25.0 Å². The summed E-state index contributed by atoms with van der Waals surface area (Å²) in [6.45, 7) is 2.08. The Morgan fingerprint density at radius 2 is 2.30 bits per heavy atom. The van der Waals surface area contributed by atoms with E-state index in [1.54, 1.807) is 24.0 Å². The third kappa shape index (κ3) is 2.88. The second-order valence-corrected chi connectivity index (χ2v) is 6.05. The van der Waals surface area contributed by atoms with Crippen molar-refractivity contribution < 1.29 is 4.92 Å². The molecule has 2 heterocycles. The first-order valence-corrected chi connectivity index (χ1v) is 7.39. The van der Waals surface area contributed by atoms with Crippen molar-refractivity contribution in [3.8, 4) is 0 Å². The van der Waals surface area contributed by atoms with Gasteiger partial charge in [0.1, 0.15) is 5.03 Å². The summed E-state index contributed by atoms with van der Waals surface area (Å²) in [5.41, 5.74) is 1.30. The van der Waals surface area contributed by atoms with E-state index in [-0.39, 0.29) is 5.69 Å². The molecule has 0 radical (unpaired) electrons. The molecule has 1 saturated heterocycles. The number of non-ortho nitro benzene ring substituents is 1. The van der Waals surface area contributed by atoms with E-state index < -0.39 is 4.92 Å². The summed E-state index contributed by atoms with van der Waals surface area (Å²) in [6.07, 6.45) is 4.06. The predicted molar refractivity (Wildman–Crippen MR) is 77.9 cm³/mol. The Morgan fingerprint density at radius 1 is 1.40 bits per heavy atom. The summed E-state index contributed by atoms with van der Waals surface area (Å²) in [5, 5.41) is 15.5. The number of nitro benzene ring substituents is 1. The Labute approximate surface area is 120 Å². The molecule has 1 atom stereocenters. The number of hydrogen-bond donors (Lipinski definition) is 1. The van der Waals surface area contributed by atoms with Gasteiger partial charge in [0.2, 0.25) is 0 Å². The van der Waals surface area contributed by atoms with Crippen LogP contribution in [0.15, 0.2) is 29.4 Å². The van der Waals surface area contributed by atoms with Crippen molar-refractivity contribution in [1.82, 2.24) is 15.3 Å². The Balaban J connectivity index is 1.83. The first-order chi connectivity index (χ1) is 9.72. The summed E-state index contributed by atoms with van der Waals surface area (Å²) >= 11 is 1.72. The Hall–Kier alpha value is -1.73. The van der Waals surface area contributed by atoms with Gasteiger partial charge in [0.05, 0.1) is 22.2 Å². The standard InChI is InChI=1S/C13H14N4O2S/c18-17(19)9-3-4-11-12(6-9)15-8-13(16-11)20-10-2-1-5-14-7-10/h3-4,6,8,10,14H,1-2,5,7H2/t10-/m1/s1. The van der Waals surface area contributed by atoms with Gasteiger partial charge in [-0.15, -0.1) is 11.8 Å². The van der Waals surface area contributed by atoms with Gasteiger partial charge in [0.15, 0.2) is 0 Å². The SMILES string of the molecule is O=[N+]([O-])c1ccc2nc(S[C@@H]3CCCNC3)cnc2c1. The van der Waals surface area contributed by atoms with Crippen molar-refractivity contribution in [2.75, 3.05) is 13.1 Å². The highest BCUT2D eigenvalue weighted by molar-refractivity contribution is 7.99. The first kappa shape index (κ1) is 13.3. The minimum Gasteiger partial charge on any atom is -0.316 e. The number of thioether (sulfide) groups is 1. The van der Waals surface area contributed by atoms with Gasteiger partial charge in [-0.2, -0.15) is 0 Å². The van der Waals surface area contributed by atoms with Crippen LogP contribution in [0.3, 0.4) is 0 Å². The van der Waals surface area contributed by atoms with Crippen molar-refractivity contribution in [2.24, 2.45) is 0 Å². The highest BCUT2D eigenvalue weighted by Crippen LogP contribution is 2.27. The van der Waals surface area contributed by atoms with E-state index in [4.69, 9.17) is 0 Å². The monoisotopic (exact) mass is 290 g/mol. The van der Waals surface area contributed by atoms with Gasteiger partial charge in [-0.1, -0.05) is 0 Å². The van der Waals surface area contributed by atoms with Crippen LogP contribution in [0, 0.1) is 10.1 Å². The minimum atomic E-state index is -0.419. The van der Waals surface area contributed by atoms with Gasteiger partial charge in [0, 0.05) is 23.9 Å². The molecule has 1 fully saturated rings. The molecule has 0 spiro atoms. The molecule has 1 N–H and O–H groups in total. The lowest BCUT2D eigenvalue weighted by Gasteiger charge is -2.21. The van der Waals surface area contributed by atoms with Crippen LogP contribution in [0.1, 0.15) is 12.8 Å². The van der Waals surface area contributed by atoms with Crippen molar-refractivity contribution in [2.45, 2.75) is 23.1 Å². The third-order valence-corrected chi connectivity index (χ3v) is 4.43. The number of rotatable bonds is 3. The molecule has 2 aromatic rings. The summed E-state index contributed by atoms with van der Waals surface area (Å²) < 4.78 is 0. The number of hydrogen-bond acceptors (Lipinski definition) is 6. The molecule has 0 aliphatic carbocycles. The quantitative estimate of drug-likeness (QED) is 0.690. The normalized spacial score (nSPS) is 19.1. The van der Waals surface area contributed by atoms with Gasteiger partial charge in [0.25, 0.3) is 5.69 Å². The van der Waals surface area contributed by atoms with Crippen LogP contribution in [0.2, 0.25) is 0 Å². The molecule has 104 valence electrons. The van der Waals surface area contributed by atoms with E-state index in [0.29, 0.717) is 16.3 Å². The maximum atomic E-state index is 10.7. The summed E-state index contributed by atoms with van der Waals surface area (Å²) in [6, 6.07) is 4.58. The molecule has 3 rings (SSSR count). The van der Waals surface area contributed by atoms with Gasteiger partial charge < -0.3 is 5.32 Å². The van der Waals surface area contributed by atoms with E-state index in [2.05, 4.69) is 15.3 Å². The topological polar surface area (TPSA) is 81.0 Å². The van der Waals surface area contributed by atoms with Crippen LogP contribution in [0.25, 0.3) is 11.0 Å². The number of nitro groups is 1. The van der Waals surface area contributed by atoms with Gasteiger partial charge in [-0.25, -0.2) is 4.98 Å². The van der Waals surface area contributed by atoms with Crippen LogP contribution in [-0.4, -0.2) is 33.2 Å². The number of fused-ring (bicyclic) bond motifs is 1. The maximum absolute atomic E-state index is 10.7. The predicted octanol–water partition coefficient (Wildman–Crippen LogP) is 2.38. The second kappa shape index (κ2) is 5.72. The van der Waals surface area contributed by atoms with Crippen molar-refractivity contribution in [3.05, 3.63) is 34.5 Å². The molecular formula is C13H14N4O2S. The second-order valence-electron chi connectivity index (χ2n) is 4.72. The molecule has 1 aromatic carbocycles. The zero-order valence-electron chi connectivity index (χ0n) is 10.8. The molecule has 1 aliphatic heterocycles. The van der Waals surface area contributed by atoms with Crippen molar-refractivity contribution in [1.29, 1.82) is 0 Å². The van der Waals surface area contributed by atoms with E-state index in [1.807, 2.05) is 0 Å². The Morgan fingerprint density at radius 3 is 3.05 bits per heavy atom. The minimum absolute atomic E-state index is 0.0451. The Kier molecular flexibility index (Phi) is 3.79. The van der Waals surface area contributed by atoms with E-state index >= 15 is 0 Å². The molecular weight excluding hydrogens is 276 g/mol. The molecule has 1 aromatic heterocycles. The molecule has 7 heteroatoms. The average Bonchev–Trinajstić information content (AvgIpc) is 2.47. The van der Waals surface area contributed by atoms with Gasteiger partial charge in [-0.3, -0.25) is 15.1 Å². The van der Waals surface area contributed by atoms with E-state index in [0.717, 1.165) is 18.1 Å². The molecule has 1 aliphatic rings. The first-order valence-electron chi connectivity index (χ1n) is 6.51. The number of nitrogens with one attached hydrogen (secondary N) is 1. The summed E-state index contributed by atoms with van der Waals surface area (Å²) in [4.78, 5) is 19.1. The molecule has 0 unspecified atom stereocenters. The largest absolute Gasteiger partial charge is 0.316 e. The molecule has 20 heavy (non-hydrogen) atoms. The zero-order chi connectivity index (χ0) is 13.9. The molecule has 0 amide bonds. The average molecular weight is 290 g/mol. The van der Waals surface area contributed by atoms with Crippen LogP contribution in [0.5, 0.6) is 0 Å². The summed E-state index contributed by atoms with van der Waals surface area (Å²) in [7, 11) is 0. The van der Waals surface area contributed by atoms with Crippen molar-refractivity contribution in [3.63, 3.8) is 0 Å². The van der Waals surface area contributed by atoms with Crippen molar-refractivity contribution >= 4 is 28.5 Å². The highest BCUT2D eigenvalue weighted by Gasteiger charge is 2.15. The third-order valence-electron chi connectivity index (χ3n) is 3.25. The lowest BCUT2D eigenvalue weighted by Crippen LogP contribution is -2.31. The fourth-order valence-electron chi connectivity index (χ4n) is 2.24. The fraction of sp³-hybridized carbons (Fsp3) is 0.385. The number of aromatic nitrogens is 2. The number of benzene rings is 1. The van der Waals surface area contributed by atoms with Gasteiger partial charge >= 0.3 is 0 Å². The fourth-order valence-corrected chi connectivity index (χ4v) is 3.34. The zero-order valence-corrected chi connectivity index (χ0v) is 11.6. The molecule has 6 nitrogen and oxygen atoms in total. The highest BCUT2D eigenvalue weighted by atomic mass is 32.2. The van der Waals surface area contributed by atoms with Crippen LogP contribution < -0.4 is 5.32 Å². The lowest BCUT2D eigenvalue weighted by molar-refractivity contribution is -0.384. The van der Waals surface area contributed by atoms with Crippen LogP contribution in [0.4, 0.5) is 5.69 Å². The number of piperidine rings is 1. The molecule has 0 saturated carbocycles. The van der Waals surface area contributed by atoms with Crippen LogP contribution >= 0.6 is 11.8 Å². The van der Waals surface area contributed by atoms with E-state index in [9.17, 15) is 10.1 Å². The Bertz CT molecular complexity index is 643. The van der Waals surface area contributed by atoms with Gasteiger partial charge in [-0.05, 0) is 25.5 Å². The number of nitrogens with zero attached hydrogens (tertiary/aromatic N) is 3. The smallest absolute Gasteiger partial charge is 0.271 e. The molecule has 0 bridgehead atoms. The maximum Gasteiger partial charge on any atom is 0.271 e. The lowest BCUT2D eigenvalue weighted by atomic mass is 10.2.